The molecule has 0 saturated heterocycles. The van der Waals surface area contributed by atoms with Crippen LogP contribution in [-0.2, 0) is 6.54 Å². The zero-order valence-corrected chi connectivity index (χ0v) is 11.1. The van der Waals surface area contributed by atoms with Crippen LogP contribution in [0.3, 0.4) is 0 Å². The molecule has 2 aromatic rings. The number of nitrogens with zero attached hydrogens (tertiary/aromatic N) is 1. The number of aromatic amines is 1. The van der Waals surface area contributed by atoms with Crippen LogP contribution in [0, 0.1) is 6.92 Å². The monoisotopic (exact) mass is 273 g/mol. The van der Waals surface area contributed by atoms with E-state index in [9.17, 15) is 5.11 Å². The zero-order chi connectivity index (χ0) is 11.4. The number of aromatic nitrogens is 2. The Balaban J connectivity index is 0.00000144. The maximum Gasteiger partial charge on any atom is 0.0655 e. The van der Waals surface area contributed by atoms with Crippen LogP contribution in [0.5, 0.6) is 0 Å². The molecule has 6 heteroatoms. The third-order valence-electron chi connectivity index (χ3n) is 2.50. The van der Waals surface area contributed by atoms with Crippen LogP contribution in [0.15, 0.2) is 23.7 Å². The Kier molecular flexibility index (Phi) is 5.64. The molecule has 0 amide bonds. The lowest BCUT2D eigenvalue weighted by atomic mass is 10.2. The lowest BCUT2D eigenvalue weighted by molar-refractivity contribution is 0.245. The van der Waals surface area contributed by atoms with Crippen molar-refractivity contribution in [3.05, 3.63) is 39.8 Å². The summed E-state index contributed by atoms with van der Waals surface area (Å²) >= 11 is 1.67. The van der Waals surface area contributed by atoms with Gasteiger partial charge < -0.3 is 10.4 Å². The van der Waals surface area contributed by atoms with Crippen LogP contribution in [0.25, 0.3) is 0 Å². The molecule has 0 radical (unpaired) electrons. The van der Waals surface area contributed by atoms with Gasteiger partial charge in [-0.25, -0.2) is 0 Å². The quantitative estimate of drug-likeness (QED) is 0.781. The molecular weight excluding hydrogens is 258 g/mol. The van der Waals surface area contributed by atoms with E-state index in [1.54, 1.807) is 17.5 Å². The van der Waals surface area contributed by atoms with E-state index >= 15 is 0 Å². The largest absolute Gasteiger partial charge is 0.394 e. The Morgan fingerprint density at radius 3 is 2.88 bits per heavy atom. The Morgan fingerprint density at radius 2 is 2.35 bits per heavy atom. The maximum absolute atomic E-state index is 9.37. The van der Waals surface area contributed by atoms with E-state index in [1.807, 2.05) is 11.4 Å². The van der Waals surface area contributed by atoms with E-state index in [2.05, 4.69) is 28.5 Å². The van der Waals surface area contributed by atoms with E-state index < -0.39 is 0 Å². The van der Waals surface area contributed by atoms with Gasteiger partial charge in [-0.2, -0.15) is 5.10 Å². The molecule has 0 bridgehead atoms. The van der Waals surface area contributed by atoms with Crippen molar-refractivity contribution >= 4 is 23.7 Å². The summed E-state index contributed by atoms with van der Waals surface area (Å²) in [6.45, 7) is 2.85. The third-order valence-corrected chi connectivity index (χ3v) is 3.63. The van der Waals surface area contributed by atoms with Crippen molar-refractivity contribution in [3.63, 3.8) is 0 Å². The number of nitrogens with one attached hydrogen (secondary N) is 2. The topological polar surface area (TPSA) is 60.9 Å². The van der Waals surface area contributed by atoms with Gasteiger partial charge in [0.1, 0.15) is 0 Å². The molecule has 0 aliphatic heterocycles. The molecule has 4 nitrogen and oxygen atoms in total. The standard InChI is InChI=1S/C11H15N3OS.ClH/c1-8-3-5-16-11(8)10(7-15)12-6-9-2-4-13-14-9;/h2-5,10,12,15H,6-7H2,1H3,(H,13,14);1H. The van der Waals surface area contributed by atoms with Crippen LogP contribution in [0.2, 0.25) is 0 Å². The van der Waals surface area contributed by atoms with E-state index in [1.165, 1.54) is 10.4 Å². The molecule has 2 heterocycles. The number of halogens is 1. The molecule has 0 spiro atoms. The fourth-order valence-electron chi connectivity index (χ4n) is 1.60. The highest BCUT2D eigenvalue weighted by Crippen LogP contribution is 2.23. The second-order valence-corrected chi connectivity index (χ2v) is 4.61. The smallest absolute Gasteiger partial charge is 0.0655 e. The molecule has 17 heavy (non-hydrogen) atoms. The second kappa shape index (κ2) is 6.76. The average Bonchev–Trinajstić information content (AvgIpc) is 2.92. The molecule has 0 aromatic carbocycles. The molecule has 0 fully saturated rings. The predicted octanol–water partition coefficient (Wildman–Crippen LogP) is 2.02. The predicted molar refractivity (Wildman–Crippen MR) is 71.6 cm³/mol. The zero-order valence-electron chi connectivity index (χ0n) is 9.51. The highest BCUT2D eigenvalue weighted by molar-refractivity contribution is 7.10. The number of aryl methyl sites for hydroxylation is 1. The summed E-state index contributed by atoms with van der Waals surface area (Å²) in [6, 6.07) is 3.99. The van der Waals surface area contributed by atoms with E-state index in [4.69, 9.17) is 0 Å². The van der Waals surface area contributed by atoms with Gasteiger partial charge in [0.2, 0.25) is 0 Å². The van der Waals surface area contributed by atoms with Gasteiger partial charge in [-0.3, -0.25) is 5.10 Å². The maximum atomic E-state index is 9.37. The SMILES string of the molecule is Cc1ccsc1C(CO)NCc1ccn[nH]1.Cl. The van der Waals surface area contributed by atoms with Gasteiger partial charge in [0.25, 0.3) is 0 Å². The Bertz CT molecular complexity index is 430. The molecular formula is C11H16ClN3OS. The van der Waals surface area contributed by atoms with Crippen LogP contribution in [0.1, 0.15) is 22.2 Å². The molecule has 1 atom stereocenters. The fourth-order valence-corrected chi connectivity index (χ4v) is 2.59. The summed E-state index contributed by atoms with van der Waals surface area (Å²) < 4.78 is 0. The summed E-state index contributed by atoms with van der Waals surface area (Å²) in [5.41, 5.74) is 2.24. The number of hydrogen-bond donors (Lipinski definition) is 3. The first kappa shape index (κ1) is 14.2. The highest BCUT2D eigenvalue weighted by atomic mass is 35.5. The van der Waals surface area contributed by atoms with Gasteiger partial charge in [-0.05, 0) is 30.0 Å². The van der Waals surface area contributed by atoms with Gasteiger partial charge in [0, 0.05) is 23.3 Å². The molecule has 0 saturated carbocycles. The van der Waals surface area contributed by atoms with Crippen molar-refractivity contribution in [1.82, 2.24) is 15.5 Å². The van der Waals surface area contributed by atoms with Crippen molar-refractivity contribution in [1.29, 1.82) is 0 Å². The van der Waals surface area contributed by atoms with E-state index in [0.717, 1.165) is 5.69 Å². The number of aliphatic hydroxyl groups is 1. The lowest BCUT2D eigenvalue weighted by Gasteiger charge is -2.15. The molecule has 2 aromatic heterocycles. The van der Waals surface area contributed by atoms with Crippen LogP contribution in [0.4, 0.5) is 0 Å². The Labute approximate surface area is 110 Å². The summed E-state index contributed by atoms with van der Waals surface area (Å²) in [7, 11) is 0. The van der Waals surface area contributed by atoms with E-state index in [0.29, 0.717) is 6.54 Å². The van der Waals surface area contributed by atoms with Gasteiger partial charge in [0.05, 0.1) is 12.6 Å². The van der Waals surface area contributed by atoms with Crippen molar-refractivity contribution in [3.8, 4) is 0 Å². The molecule has 3 N–H and O–H groups in total. The summed E-state index contributed by atoms with van der Waals surface area (Å²) in [5.74, 6) is 0. The molecule has 94 valence electrons. The van der Waals surface area contributed by atoms with Gasteiger partial charge in [-0.15, -0.1) is 23.7 Å². The number of hydrogen-bond acceptors (Lipinski definition) is 4. The number of rotatable bonds is 5. The number of thiophene rings is 1. The van der Waals surface area contributed by atoms with Crippen molar-refractivity contribution in [2.45, 2.75) is 19.5 Å². The van der Waals surface area contributed by atoms with Crippen LogP contribution < -0.4 is 5.32 Å². The highest BCUT2D eigenvalue weighted by Gasteiger charge is 2.13. The van der Waals surface area contributed by atoms with Gasteiger partial charge >= 0.3 is 0 Å². The van der Waals surface area contributed by atoms with E-state index in [-0.39, 0.29) is 25.1 Å². The van der Waals surface area contributed by atoms with Gasteiger partial charge in [-0.1, -0.05) is 0 Å². The minimum absolute atomic E-state index is 0. The molecule has 0 aliphatic carbocycles. The normalized spacial score (nSPS) is 12.1. The van der Waals surface area contributed by atoms with Crippen molar-refractivity contribution in [2.75, 3.05) is 6.61 Å². The number of H-pyrrole nitrogens is 1. The van der Waals surface area contributed by atoms with Gasteiger partial charge in [0.15, 0.2) is 0 Å². The average molecular weight is 274 g/mol. The summed E-state index contributed by atoms with van der Waals surface area (Å²) in [4.78, 5) is 1.20. The first-order chi connectivity index (χ1) is 7.81. The Morgan fingerprint density at radius 1 is 1.53 bits per heavy atom. The third kappa shape index (κ3) is 3.54. The molecule has 2 rings (SSSR count). The minimum Gasteiger partial charge on any atom is -0.394 e. The summed E-state index contributed by atoms with van der Waals surface area (Å²) in [5, 5.41) is 21.5. The van der Waals surface area contributed by atoms with Crippen molar-refractivity contribution < 1.29 is 5.11 Å². The Hall–Kier alpha value is -0.880. The minimum atomic E-state index is 0. The number of aliphatic hydroxyl groups excluding tert-OH is 1. The summed E-state index contributed by atoms with van der Waals surface area (Å²) in [6.07, 6.45) is 1.72. The fraction of sp³-hybridized carbons (Fsp3) is 0.364. The van der Waals surface area contributed by atoms with Crippen LogP contribution >= 0.6 is 23.7 Å². The first-order valence-corrected chi connectivity index (χ1v) is 6.05. The first-order valence-electron chi connectivity index (χ1n) is 5.17. The van der Waals surface area contributed by atoms with Crippen molar-refractivity contribution in [2.24, 2.45) is 0 Å². The van der Waals surface area contributed by atoms with Crippen LogP contribution in [-0.4, -0.2) is 21.9 Å². The second-order valence-electron chi connectivity index (χ2n) is 3.67. The lowest BCUT2D eigenvalue weighted by Crippen LogP contribution is -2.23. The molecule has 0 aliphatic rings. The molecule has 1 unspecified atom stereocenters.